The van der Waals surface area contributed by atoms with Gasteiger partial charge in [0.25, 0.3) is 5.91 Å². The third-order valence-electron chi connectivity index (χ3n) is 5.08. The number of hydrogen-bond acceptors (Lipinski definition) is 5. The zero-order valence-corrected chi connectivity index (χ0v) is 17.9. The molecule has 0 saturated carbocycles. The van der Waals surface area contributed by atoms with Gasteiger partial charge in [-0.25, -0.2) is 0 Å². The number of imide groups is 1. The maximum absolute atomic E-state index is 12.9. The molecule has 3 rings (SSSR count). The highest BCUT2D eigenvalue weighted by Gasteiger charge is 2.35. The van der Waals surface area contributed by atoms with Gasteiger partial charge in [0.2, 0.25) is 11.8 Å². The van der Waals surface area contributed by atoms with Crippen molar-refractivity contribution >= 4 is 23.4 Å². The van der Waals surface area contributed by atoms with E-state index in [1.165, 1.54) is 19.1 Å². The third-order valence-corrected chi connectivity index (χ3v) is 5.08. The summed E-state index contributed by atoms with van der Waals surface area (Å²) in [5.74, 6) is -0.272. The summed E-state index contributed by atoms with van der Waals surface area (Å²) in [5.41, 5.74) is 1.89. The molecule has 1 aliphatic heterocycles. The Morgan fingerprint density at radius 1 is 0.867 bits per heavy atom. The van der Waals surface area contributed by atoms with E-state index in [4.69, 9.17) is 9.47 Å². The number of piperazine rings is 1. The molecule has 30 heavy (non-hydrogen) atoms. The molecule has 0 aromatic heterocycles. The third kappa shape index (κ3) is 4.30. The van der Waals surface area contributed by atoms with Crippen molar-refractivity contribution in [2.24, 2.45) is 0 Å². The Morgan fingerprint density at radius 3 is 1.93 bits per heavy atom. The maximum atomic E-state index is 12.9. The van der Waals surface area contributed by atoms with E-state index in [1.807, 2.05) is 12.1 Å². The van der Waals surface area contributed by atoms with Crippen LogP contribution < -0.4 is 14.4 Å². The molecule has 2 aromatic rings. The number of nitrogens with zero attached hydrogens (tertiary/aromatic N) is 2. The summed E-state index contributed by atoms with van der Waals surface area (Å²) >= 11 is 0. The Kier molecular flexibility index (Phi) is 5.82. The molecule has 0 unspecified atom stereocenters. The highest BCUT2D eigenvalue weighted by Crippen LogP contribution is 2.30. The van der Waals surface area contributed by atoms with Gasteiger partial charge in [0, 0.05) is 23.8 Å². The molecule has 158 valence electrons. The molecule has 1 saturated heterocycles. The van der Waals surface area contributed by atoms with Gasteiger partial charge in [-0.2, -0.15) is 0 Å². The van der Waals surface area contributed by atoms with Crippen molar-refractivity contribution in [3.8, 4) is 11.5 Å². The first-order chi connectivity index (χ1) is 14.1. The van der Waals surface area contributed by atoms with Crippen molar-refractivity contribution in [3.63, 3.8) is 0 Å². The van der Waals surface area contributed by atoms with Gasteiger partial charge < -0.3 is 14.4 Å². The first kappa shape index (κ1) is 21.4. The lowest BCUT2D eigenvalue weighted by molar-refractivity contribution is -0.135. The van der Waals surface area contributed by atoms with Crippen LogP contribution in [0.3, 0.4) is 0 Å². The van der Waals surface area contributed by atoms with Crippen LogP contribution in [-0.2, 0) is 15.0 Å². The lowest BCUT2D eigenvalue weighted by Gasteiger charge is -2.33. The summed E-state index contributed by atoms with van der Waals surface area (Å²) in [7, 11) is 3.01. The topological polar surface area (TPSA) is 76.2 Å². The smallest absolute Gasteiger partial charge is 0.260 e. The predicted molar refractivity (Wildman–Crippen MR) is 113 cm³/mol. The van der Waals surface area contributed by atoms with E-state index in [2.05, 4.69) is 20.8 Å². The molecule has 0 aliphatic carbocycles. The second-order valence-electron chi connectivity index (χ2n) is 8.16. The number of amides is 3. The number of carbonyl (C=O) groups excluding carboxylic acids is 3. The lowest BCUT2D eigenvalue weighted by atomic mass is 9.86. The van der Waals surface area contributed by atoms with Crippen molar-refractivity contribution in [1.82, 2.24) is 4.90 Å². The van der Waals surface area contributed by atoms with Gasteiger partial charge in [-0.1, -0.05) is 32.9 Å². The fraction of sp³-hybridized carbons (Fsp3) is 0.348. The van der Waals surface area contributed by atoms with Crippen molar-refractivity contribution < 1.29 is 23.9 Å². The van der Waals surface area contributed by atoms with Crippen LogP contribution in [-0.4, -0.2) is 49.9 Å². The highest BCUT2D eigenvalue weighted by molar-refractivity contribution is 6.14. The van der Waals surface area contributed by atoms with Gasteiger partial charge in [0.05, 0.1) is 19.9 Å². The van der Waals surface area contributed by atoms with E-state index in [0.717, 1.165) is 10.5 Å². The summed E-state index contributed by atoms with van der Waals surface area (Å²) in [6.45, 7) is 5.69. The average Bonchev–Trinajstić information content (AvgIpc) is 2.73. The zero-order chi connectivity index (χ0) is 22.1. The minimum absolute atomic E-state index is 0.0449. The van der Waals surface area contributed by atoms with Crippen LogP contribution in [0.2, 0.25) is 0 Å². The van der Waals surface area contributed by atoms with Crippen LogP contribution in [0.25, 0.3) is 0 Å². The summed E-state index contributed by atoms with van der Waals surface area (Å²) < 4.78 is 10.5. The van der Waals surface area contributed by atoms with Gasteiger partial charge in [-0.3, -0.25) is 19.3 Å². The predicted octanol–water partition coefficient (Wildman–Crippen LogP) is 3.02. The normalized spacial score (nSPS) is 14.7. The van der Waals surface area contributed by atoms with E-state index in [-0.39, 0.29) is 24.4 Å². The van der Waals surface area contributed by atoms with Gasteiger partial charge >= 0.3 is 0 Å². The number of anilines is 1. The number of hydrogen-bond donors (Lipinski definition) is 0. The number of rotatable bonds is 4. The minimum Gasteiger partial charge on any atom is -0.497 e. The molecule has 0 atom stereocenters. The average molecular weight is 410 g/mol. The van der Waals surface area contributed by atoms with Gasteiger partial charge in [-0.05, 0) is 23.1 Å². The van der Waals surface area contributed by atoms with Gasteiger partial charge in [0.15, 0.2) is 0 Å². The molecule has 7 nitrogen and oxygen atoms in total. The molecule has 0 spiro atoms. The van der Waals surface area contributed by atoms with Gasteiger partial charge in [-0.15, -0.1) is 0 Å². The Labute approximate surface area is 176 Å². The van der Waals surface area contributed by atoms with E-state index in [0.29, 0.717) is 22.7 Å². The van der Waals surface area contributed by atoms with Crippen LogP contribution in [0, 0.1) is 0 Å². The van der Waals surface area contributed by atoms with Crippen molar-refractivity contribution in [3.05, 3.63) is 53.6 Å². The van der Waals surface area contributed by atoms with Gasteiger partial charge in [0.1, 0.15) is 24.6 Å². The number of methoxy groups -OCH3 is 2. The number of benzene rings is 2. The lowest BCUT2D eigenvalue weighted by Crippen LogP contribution is -2.55. The van der Waals surface area contributed by atoms with E-state index in [9.17, 15) is 14.4 Å². The molecular formula is C23H26N2O5. The van der Waals surface area contributed by atoms with E-state index in [1.54, 1.807) is 30.3 Å². The largest absolute Gasteiger partial charge is 0.497 e. The first-order valence-corrected chi connectivity index (χ1v) is 9.62. The summed E-state index contributed by atoms with van der Waals surface area (Å²) in [6.07, 6.45) is 0. The monoisotopic (exact) mass is 410 g/mol. The summed E-state index contributed by atoms with van der Waals surface area (Å²) in [4.78, 5) is 40.7. The number of carbonyl (C=O) groups is 3. The Bertz CT molecular complexity index is 954. The Balaban J connectivity index is 1.80. The SMILES string of the molecule is COc1cc(OC)cc(N2CC(=O)N(C(=O)c3ccc(C(C)(C)C)cc3)CC2=O)c1. The van der Waals surface area contributed by atoms with Crippen LogP contribution in [0.4, 0.5) is 5.69 Å². The molecule has 2 aromatic carbocycles. The molecule has 0 radical (unpaired) electrons. The highest BCUT2D eigenvalue weighted by atomic mass is 16.5. The van der Waals surface area contributed by atoms with Crippen molar-refractivity contribution in [2.75, 3.05) is 32.2 Å². The maximum Gasteiger partial charge on any atom is 0.260 e. The molecule has 1 aliphatic rings. The molecule has 0 N–H and O–H groups in total. The van der Waals surface area contributed by atoms with E-state index >= 15 is 0 Å². The Morgan fingerprint density at radius 2 is 1.43 bits per heavy atom. The molecular weight excluding hydrogens is 384 g/mol. The second kappa shape index (κ2) is 8.18. The van der Waals surface area contributed by atoms with Crippen LogP contribution in [0.1, 0.15) is 36.7 Å². The summed E-state index contributed by atoms with van der Waals surface area (Å²) in [5, 5.41) is 0. The zero-order valence-electron chi connectivity index (χ0n) is 17.9. The molecule has 7 heteroatoms. The van der Waals surface area contributed by atoms with Crippen LogP contribution in [0.15, 0.2) is 42.5 Å². The fourth-order valence-electron chi connectivity index (χ4n) is 3.25. The van der Waals surface area contributed by atoms with E-state index < -0.39 is 11.8 Å². The molecule has 0 bridgehead atoms. The fourth-order valence-corrected chi connectivity index (χ4v) is 3.25. The minimum atomic E-state index is -0.475. The van der Waals surface area contributed by atoms with Crippen molar-refractivity contribution in [1.29, 1.82) is 0 Å². The van der Waals surface area contributed by atoms with Crippen molar-refractivity contribution in [2.45, 2.75) is 26.2 Å². The Hall–Kier alpha value is -3.35. The molecule has 3 amide bonds. The number of ether oxygens (including phenoxy) is 2. The summed E-state index contributed by atoms with van der Waals surface area (Å²) in [6, 6.07) is 12.1. The van der Waals surface area contributed by atoms with Crippen LogP contribution in [0.5, 0.6) is 11.5 Å². The standard InChI is InChI=1S/C23H26N2O5/c1-23(2,3)16-8-6-15(7-9-16)22(28)25-14-20(26)24(13-21(25)27)17-10-18(29-4)12-19(11-17)30-5/h6-12H,13-14H2,1-5H3. The van der Waals surface area contributed by atoms with Crippen LogP contribution >= 0.6 is 0 Å². The molecule has 1 heterocycles. The second-order valence-corrected chi connectivity index (χ2v) is 8.16. The molecule has 1 fully saturated rings. The first-order valence-electron chi connectivity index (χ1n) is 9.62. The quantitative estimate of drug-likeness (QED) is 0.725.